The van der Waals surface area contributed by atoms with Crippen LogP contribution in [0.4, 0.5) is 0 Å². The molecule has 0 N–H and O–H groups in total. The highest BCUT2D eigenvalue weighted by atomic mass is 16.5. The van der Waals surface area contributed by atoms with Gasteiger partial charge in [0.05, 0.1) is 13.7 Å². The van der Waals surface area contributed by atoms with Crippen LogP contribution in [0.3, 0.4) is 0 Å². The summed E-state index contributed by atoms with van der Waals surface area (Å²) in [5.41, 5.74) is 2.34. The molecule has 122 valence electrons. The van der Waals surface area contributed by atoms with Crippen LogP contribution in [0.5, 0.6) is 5.75 Å². The molecule has 0 atom stereocenters. The molecule has 6 nitrogen and oxygen atoms in total. The zero-order chi connectivity index (χ0) is 16.9. The van der Waals surface area contributed by atoms with Gasteiger partial charge in [-0.05, 0) is 35.9 Å². The minimum atomic E-state index is -0.125. The van der Waals surface area contributed by atoms with Gasteiger partial charge in [0.25, 0.3) is 0 Å². The van der Waals surface area contributed by atoms with Gasteiger partial charge in [-0.2, -0.15) is 10.2 Å². The monoisotopic (exact) mass is 322 g/mol. The molecule has 0 spiro atoms. The molecule has 0 saturated heterocycles. The van der Waals surface area contributed by atoms with Crippen LogP contribution in [0.25, 0.3) is 6.08 Å². The highest BCUT2D eigenvalue weighted by molar-refractivity contribution is 6.05. The Bertz CT molecular complexity index is 863. The van der Waals surface area contributed by atoms with Crippen molar-refractivity contribution in [1.29, 1.82) is 0 Å². The first-order valence-electron chi connectivity index (χ1n) is 7.52. The normalized spacial score (nSPS) is 11.1. The van der Waals surface area contributed by atoms with Crippen LogP contribution in [-0.4, -0.2) is 32.5 Å². The van der Waals surface area contributed by atoms with E-state index in [0.717, 1.165) is 16.9 Å². The molecule has 0 saturated carbocycles. The lowest BCUT2D eigenvalue weighted by atomic mass is 10.1. The van der Waals surface area contributed by atoms with Gasteiger partial charge in [-0.15, -0.1) is 0 Å². The Morgan fingerprint density at radius 3 is 2.83 bits per heavy atom. The molecular weight excluding hydrogens is 304 g/mol. The molecule has 0 radical (unpaired) electrons. The molecule has 1 aromatic carbocycles. The number of ether oxygens (including phenoxy) is 1. The van der Waals surface area contributed by atoms with Crippen molar-refractivity contribution < 1.29 is 9.53 Å². The van der Waals surface area contributed by atoms with Crippen molar-refractivity contribution in [2.45, 2.75) is 6.54 Å². The van der Waals surface area contributed by atoms with Crippen LogP contribution < -0.4 is 4.74 Å². The first kappa shape index (κ1) is 15.7. The number of allylic oxidation sites excluding steroid dienone is 1. The molecule has 0 aliphatic carbocycles. The lowest BCUT2D eigenvalue weighted by Gasteiger charge is -2.09. The van der Waals surface area contributed by atoms with Crippen molar-refractivity contribution in [2.24, 2.45) is 7.05 Å². The van der Waals surface area contributed by atoms with E-state index in [1.807, 2.05) is 35.1 Å². The lowest BCUT2D eigenvalue weighted by molar-refractivity contribution is 0.104. The Morgan fingerprint density at radius 2 is 2.17 bits per heavy atom. The first-order valence-corrected chi connectivity index (χ1v) is 7.52. The van der Waals surface area contributed by atoms with Crippen LogP contribution in [0.1, 0.15) is 21.6 Å². The second-order valence-electron chi connectivity index (χ2n) is 5.35. The number of carbonyl (C=O) groups excluding carboxylic acids is 1. The van der Waals surface area contributed by atoms with Crippen molar-refractivity contribution in [1.82, 2.24) is 19.6 Å². The van der Waals surface area contributed by atoms with E-state index in [-0.39, 0.29) is 5.78 Å². The number of nitrogens with zero attached hydrogens (tertiary/aromatic N) is 4. The number of aryl methyl sites for hydroxylation is 1. The van der Waals surface area contributed by atoms with E-state index in [1.165, 1.54) is 6.08 Å². The van der Waals surface area contributed by atoms with Crippen molar-refractivity contribution >= 4 is 11.9 Å². The Balaban J connectivity index is 1.80. The number of benzene rings is 1. The molecule has 24 heavy (non-hydrogen) atoms. The van der Waals surface area contributed by atoms with Gasteiger partial charge in [-0.25, -0.2) is 0 Å². The summed E-state index contributed by atoms with van der Waals surface area (Å²) in [6.45, 7) is 0.603. The van der Waals surface area contributed by atoms with E-state index in [4.69, 9.17) is 4.74 Å². The molecule has 0 amide bonds. The van der Waals surface area contributed by atoms with Crippen molar-refractivity contribution in [3.8, 4) is 5.75 Å². The molecule has 3 rings (SSSR count). The van der Waals surface area contributed by atoms with Gasteiger partial charge in [0.15, 0.2) is 0 Å². The molecule has 0 aliphatic rings. The van der Waals surface area contributed by atoms with Crippen molar-refractivity contribution in [2.75, 3.05) is 7.11 Å². The standard InChI is InChI=1S/C18H18N4O2/c1-21-11-8-16(20-21)17(23)6-4-14-5-7-18(24-2)15(12-14)13-22-10-3-9-19-22/h3-12H,13H2,1-2H3/b6-4+. The fourth-order valence-corrected chi connectivity index (χ4v) is 2.40. The molecule has 0 aliphatic heterocycles. The van der Waals surface area contributed by atoms with Gasteiger partial charge in [-0.1, -0.05) is 12.1 Å². The quantitative estimate of drug-likeness (QED) is 0.517. The molecule has 0 bridgehead atoms. The predicted octanol–water partition coefficient (Wildman–Crippen LogP) is 2.57. The summed E-state index contributed by atoms with van der Waals surface area (Å²) in [6.07, 6.45) is 8.69. The summed E-state index contributed by atoms with van der Waals surface area (Å²) in [5, 5.41) is 8.31. The minimum Gasteiger partial charge on any atom is -0.496 e. The van der Waals surface area contributed by atoms with Gasteiger partial charge in [0, 0.05) is 31.2 Å². The fraction of sp³-hybridized carbons (Fsp3) is 0.167. The smallest absolute Gasteiger partial charge is 0.206 e. The molecule has 2 aromatic heterocycles. The van der Waals surface area contributed by atoms with E-state index in [0.29, 0.717) is 12.2 Å². The maximum atomic E-state index is 12.1. The Kier molecular flexibility index (Phi) is 4.56. The zero-order valence-electron chi connectivity index (χ0n) is 13.6. The van der Waals surface area contributed by atoms with Crippen LogP contribution in [0.15, 0.2) is 55.0 Å². The van der Waals surface area contributed by atoms with Crippen LogP contribution in [-0.2, 0) is 13.6 Å². The summed E-state index contributed by atoms with van der Waals surface area (Å²) < 4.78 is 8.83. The number of rotatable bonds is 6. The van der Waals surface area contributed by atoms with Gasteiger partial charge in [0.1, 0.15) is 11.4 Å². The molecule has 0 unspecified atom stereocenters. The topological polar surface area (TPSA) is 61.9 Å². The van der Waals surface area contributed by atoms with Crippen LogP contribution >= 0.6 is 0 Å². The van der Waals surface area contributed by atoms with Gasteiger partial charge >= 0.3 is 0 Å². The third-order valence-corrected chi connectivity index (χ3v) is 3.59. The van der Waals surface area contributed by atoms with E-state index in [9.17, 15) is 4.79 Å². The number of carbonyl (C=O) groups is 1. The van der Waals surface area contributed by atoms with Crippen LogP contribution in [0, 0.1) is 0 Å². The summed E-state index contributed by atoms with van der Waals surface area (Å²) in [5.74, 6) is 0.666. The third-order valence-electron chi connectivity index (χ3n) is 3.59. The fourth-order valence-electron chi connectivity index (χ4n) is 2.40. The van der Waals surface area contributed by atoms with Crippen LogP contribution in [0.2, 0.25) is 0 Å². The average Bonchev–Trinajstić information content (AvgIpc) is 3.24. The molecule has 0 fully saturated rings. The SMILES string of the molecule is COc1ccc(/C=C/C(=O)c2ccn(C)n2)cc1Cn1cccn1. The summed E-state index contributed by atoms with van der Waals surface area (Å²) in [4.78, 5) is 12.1. The Morgan fingerprint density at radius 1 is 1.29 bits per heavy atom. The first-order chi connectivity index (χ1) is 11.7. The minimum absolute atomic E-state index is 0.125. The second-order valence-corrected chi connectivity index (χ2v) is 5.35. The summed E-state index contributed by atoms with van der Waals surface area (Å²) in [6, 6.07) is 9.37. The van der Waals surface area contributed by atoms with E-state index >= 15 is 0 Å². The zero-order valence-corrected chi connectivity index (χ0v) is 13.6. The number of hydrogen-bond acceptors (Lipinski definition) is 4. The van der Waals surface area contributed by atoms with E-state index in [2.05, 4.69) is 10.2 Å². The number of ketones is 1. The van der Waals surface area contributed by atoms with Gasteiger partial charge in [-0.3, -0.25) is 14.2 Å². The predicted molar refractivity (Wildman–Crippen MR) is 90.9 cm³/mol. The Hall–Kier alpha value is -3.15. The summed E-state index contributed by atoms with van der Waals surface area (Å²) >= 11 is 0. The van der Waals surface area contributed by atoms with E-state index in [1.54, 1.807) is 43.4 Å². The highest BCUT2D eigenvalue weighted by Crippen LogP contribution is 2.21. The number of hydrogen-bond donors (Lipinski definition) is 0. The van der Waals surface area contributed by atoms with Crippen molar-refractivity contribution in [3.05, 3.63) is 71.8 Å². The highest BCUT2D eigenvalue weighted by Gasteiger charge is 2.07. The molecule has 6 heteroatoms. The molecule has 2 heterocycles. The van der Waals surface area contributed by atoms with E-state index < -0.39 is 0 Å². The van der Waals surface area contributed by atoms with Crippen molar-refractivity contribution in [3.63, 3.8) is 0 Å². The number of aromatic nitrogens is 4. The molecular formula is C18H18N4O2. The largest absolute Gasteiger partial charge is 0.496 e. The van der Waals surface area contributed by atoms with Gasteiger partial charge < -0.3 is 4.74 Å². The second kappa shape index (κ2) is 6.95. The summed E-state index contributed by atoms with van der Waals surface area (Å²) in [7, 11) is 3.42. The maximum Gasteiger partial charge on any atom is 0.206 e. The Labute approximate surface area is 140 Å². The maximum absolute atomic E-state index is 12.1. The van der Waals surface area contributed by atoms with Gasteiger partial charge in [0.2, 0.25) is 5.78 Å². The third kappa shape index (κ3) is 3.60. The average molecular weight is 322 g/mol. The number of methoxy groups -OCH3 is 1. The lowest BCUT2D eigenvalue weighted by Crippen LogP contribution is -2.02. The molecule has 3 aromatic rings.